The van der Waals surface area contributed by atoms with Gasteiger partial charge in [-0.05, 0) is 42.5 Å². The molecule has 29 heavy (non-hydrogen) atoms. The number of nitrogens with zero attached hydrogens (tertiary/aromatic N) is 3. The number of rotatable bonds is 7. The van der Waals surface area contributed by atoms with Crippen LogP contribution in [0.25, 0.3) is 21.9 Å². The van der Waals surface area contributed by atoms with Gasteiger partial charge in [0.15, 0.2) is 0 Å². The number of aryl methyl sites for hydroxylation is 2. The predicted octanol–water partition coefficient (Wildman–Crippen LogP) is 6.08. The predicted molar refractivity (Wildman–Crippen MR) is 119 cm³/mol. The van der Waals surface area contributed by atoms with Crippen LogP contribution in [0.2, 0.25) is 0 Å². The highest BCUT2D eigenvalue weighted by Gasteiger charge is 2.15. The van der Waals surface area contributed by atoms with Crippen LogP contribution in [-0.4, -0.2) is 14.5 Å². The van der Waals surface area contributed by atoms with E-state index in [9.17, 15) is 0 Å². The van der Waals surface area contributed by atoms with Gasteiger partial charge in [0.25, 0.3) is 0 Å². The van der Waals surface area contributed by atoms with Gasteiger partial charge in [-0.1, -0.05) is 45.0 Å². The third-order valence-corrected chi connectivity index (χ3v) is 5.30. The molecule has 0 saturated heterocycles. The first-order chi connectivity index (χ1) is 14.1. The Bertz CT molecular complexity index is 1140. The maximum absolute atomic E-state index is 6.07. The average molecular weight is 388 g/mol. The number of hydrogen-bond acceptors (Lipinski definition) is 3. The molecule has 0 unspecified atom stereocenters. The highest BCUT2D eigenvalue weighted by Crippen LogP contribution is 2.29. The van der Waals surface area contributed by atoms with E-state index in [0.29, 0.717) is 12.5 Å². The molecule has 0 atom stereocenters. The molecule has 0 saturated carbocycles. The van der Waals surface area contributed by atoms with Crippen molar-refractivity contribution >= 4 is 21.9 Å². The molecule has 0 N–H and O–H groups in total. The van der Waals surface area contributed by atoms with Gasteiger partial charge >= 0.3 is 0 Å². The first-order valence-electron chi connectivity index (χ1n) is 10.5. The smallest absolute Gasteiger partial charge is 0.122 e. The number of benzene rings is 2. The number of fused-ring (bicyclic) bond motifs is 3. The molecule has 4 nitrogen and oxygen atoms in total. The third-order valence-electron chi connectivity index (χ3n) is 5.30. The summed E-state index contributed by atoms with van der Waals surface area (Å²) in [5.74, 6) is 2.56. The Balaban J connectivity index is 1.72. The van der Waals surface area contributed by atoms with E-state index in [2.05, 4.69) is 61.5 Å². The molecule has 0 aliphatic rings. The molecule has 0 radical (unpaired) electrons. The van der Waals surface area contributed by atoms with Crippen molar-refractivity contribution in [2.75, 3.05) is 0 Å². The Kier molecular flexibility index (Phi) is 5.52. The molecule has 4 heteroatoms. The Hall–Kier alpha value is -2.88. The zero-order chi connectivity index (χ0) is 20.4. The Morgan fingerprint density at radius 1 is 1.07 bits per heavy atom. The van der Waals surface area contributed by atoms with Gasteiger partial charge in [0.1, 0.15) is 23.7 Å². The van der Waals surface area contributed by atoms with Crippen LogP contribution in [-0.2, 0) is 19.6 Å². The summed E-state index contributed by atoms with van der Waals surface area (Å²) in [6.45, 7) is 10.3. The molecular formula is C25H29N3O. The quantitative estimate of drug-likeness (QED) is 0.386. The summed E-state index contributed by atoms with van der Waals surface area (Å²) in [4.78, 5) is 9.56. The second kappa shape index (κ2) is 8.24. The van der Waals surface area contributed by atoms with Gasteiger partial charge in [-0.3, -0.25) is 4.98 Å². The fraction of sp³-hybridized carbons (Fsp3) is 0.360. The van der Waals surface area contributed by atoms with Crippen LogP contribution >= 0.6 is 0 Å². The van der Waals surface area contributed by atoms with Gasteiger partial charge in [0.2, 0.25) is 0 Å². The Morgan fingerprint density at radius 2 is 1.90 bits per heavy atom. The first-order valence-corrected chi connectivity index (χ1v) is 10.5. The minimum atomic E-state index is 0.558. The van der Waals surface area contributed by atoms with E-state index < -0.39 is 0 Å². The van der Waals surface area contributed by atoms with E-state index in [1.54, 1.807) is 0 Å². The van der Waals surface area contributed by atoms with Crippen molar-refractivity contribution in [3.63, 3.8) is 0 Å². The number of aromatic nitrogens is 3. The lowest BCUT2D eigenvalue weighted by Crippen LogP contribution is -2.08. The fourth-order valence-electron chi connectivity index (χ4n) is 3.84. The van der Waals surface area contributed by atoms with Gasteiger partial charge in [-0.2, -0.15) is 0 Å². The molecule has 0 spiro atoms. The van der Waals surface area contributed by atoms with Crippen molar-refractivity contribution in [3.8, 4) is 5.75 Å². The first kappa shape index (κ1) is 19.4. The number of pyridine rings is 1. The number of imidazole rings is 1. The lowest BCUT2D eigenvalue weighted by Gasteiger charge is -2.13. The largest absolute Gasteiger partial charge is 0.489 e. The maximum Gasteiger partial charge on any atom is 0.122 e. The van der Waals surface area contributed by atoms with E-state index in [4.69, 9.17) is 9.72 Å². The van der Waals surface area contributed by atoms with Gasteiger partial charge in [0, 0.05) is 24.4 Å². The molecule has 0 amide bonds. The average Bonchev–Trinajstić information content (AvgIpc) is 3.04. The summed E-state index contributed by atoms with van der Waals surface area (Å²) < 4.78 is 8.46. The van der Waals surface area contributed by atoms with Crippen LogP contribution in [0.1, 0.15) is 44.1 Å². The van der Waals surface area contributed by atoms with E-state index in [1.807, 2.05) is 24.4 Å². The van der Waals surface area contributed by atoms with Gasteiger partial charge in [-0.15, -0.1) is 0 Å². The molecule has 0 fully saturated rings. The van der Waals surface area contributed by atoms with E-state index in [-0.39, 0.29) is 0 Å². The molecule has 0 aliphatic heterocycles. The summed E-state index contributed by atoms with van der Waals surface area (Å²) in [6, 6.07) is 14.5. The van der Waals surface area contributed by atoms with Crippen molar-refractivity contribution in [1.82, 2.24) is 14.5 Å². The van der Waals surface area contributed by atoms with Crippen LogP contribution in [0.15, 0.2) is 48.7 Å². The molecular weight excluding hydrogens is 358 g/mol. The van der Waals surface area contributed by atoms with E-state index >= 15 is 0 Å². The SMILES string of the molecule is CCCc1nc2cnc3cc(OCc4ccccc4C)ccc3c2n1CC(C)C. The molecule has 2 aromatic carbocycles. The van der Waals surface area contributed by atoms with Crippen LogP contribution < -0.4 is 4.74 Å². The van der Waals surface area contributed by atoms with Gasteiger partial charge < -0.3 is 9.30 Å². The molecule has 2 aromatic heterocycles. The van der Waals surface area contributed by atoms with Crippen LogP contribution in [0.5, 0.6) is 5.75 Å². The molecule has 4 aromatic rings. The molecule has 0 aliphatic carbocycles. The number of ether oxygens (including phenoxy) is 1. The molecule has 2 heterocycles. The van der Waals surface area contributed by atoms with Crippen molar-refractivity contribution in [2.24, 2.45) is 5.92 Å². The highest BCUT2D eigenvalue weighted by atomic mass is 16.5. The van der Waals surface area contributed by atoms with Crippen molar-refractivity contribution in [3.05, 3.63) is 65.6 Å². The highest BCUT2D eigenvalue weighted by molar-refractivity contribution is 6.02. The fourth-order valence-corrected chi connectivity index (χ4v) is 3.84. The summed E-state index contributed by atoms with van der Waals surface area (Å²) in [5.41, 5.74) is 5.57. The summed E-state index contributed by atoms with van der Waals surface area (Å²) in [5, 5.41) is 1.14. The van der Waals surface area contributed by atoms with Crippen molar-refractivity contribution in [2.45, 2.75) is 53.7 Å². The summed E-state index contributed by atoms with van der Waals surface area (Å²) in [7, 11) is 0. The van der Waals surface area contributed by atoms with Crippen molar-refractivity contribution in [1.29, 1.82) is 0 Å². The summed E-state index contributed by atoms with van der Waals surface area (Å²) >= 11 is 0. The normalized spacial score (nSPS) is 11.6. The molecule has 4 rings (SSSR count). The Morgan fingerprint density at radius 3 is 2.66 bits per heavy atom. The lowest BCUT2D eigenvalue weighted by molar-refractivity contribution is 0.306. The van der Waals surface area contributed by atoms with Crippen LogP contribution in [0.3, 0.4) is 0 Å². The number of hydrogen-bond donors (Lipinski definition) is 0. The lowest BCUT2D eigenvalue weighted by atomic mass is 10.1. The van der Waals surface area contributed by atoms with Crippen LogP contribution in [0.4, 0.5) is 0 Å². The van der Waals surface area contributed by atoms with Gasteiger partial charge in [-0.25, -0.2) is 4.98 Å². The topological polar surface area (TPSA) is 39.9 Å². The Labute approximate surface area is 172 Å². The van der Waals surface area contributed by atoms with E-state index in [1.165, 1.54) is 16.6 Å². The maximum atomic E-state index is 6.07. The second-order valence-corrected chi connectivity index (χ2v) is 8.17. The van der Waals surface area contributed by atoms with Crippen molar-refractivity contribution < 1.29 is 4.74 Å². The van der Waals surface area contributed by atoms with Crippen LogP contribution in [0, 0.1) is 12.8 Å². The minimum absolute atomic E-state index is 0.558. The monoisotopic (exact) mass is 387 g/mol. The zero-order valence-electron chi connectivity index (χ0n) is 17.8. The third kappa shape index (κ3) is 3.98. The van der Waals surface area contributed by atoms with E-state index in [0.717, 1.165) is 47.4 Å². The summed E-state index contributed by atoms with van der Waals surface area (Å²) in [6.07, 6.45) is 3.98. The zero-order valence-corrected chi connectivity index (χ0v) is 17.8. The van der Waals surface area contributed by atoms with Gasteiger partial charge in [0.05, 0.1) is 17.2 Å². The standard InChI is InChI=1S/C25H29N3O/c1-5-8-24-27-23-14-26-22-13-20(29-16-19-10-7-6-9-18(19)4)11-12-21(22)25(23)28(24)15-17(2)3/h6-7,9-14,17H,5,8,15-16H2,1-4H3. The molecule has 150 valence electrons. The molecule has 0 bridgehead atoms. The second-order valence-electron chi connectivity index (χ2n) is 8.17. The minimum Gasteiger partial charge on any atom is -0.489 e.